The number of hydrogen-bond acceptors (Lipinski definition) is 1. The van der Waals surface area contributed by atoms with Crippen LogP contribution in [0.5, 0.6) is 5.75 Å². The van der Waals surface area contributed by atoms with Gasteiger partial charge in [0.25, 0.3) is 0 Å². The molecule has 102 valence electrons. The Balaban J connectivity index is 0.000000133. The first kappa shape index (κ1) is 13.2. The number of benzene rings is 3. The van der Waals surface area contributed by atoms with Crippen LogP contribution in [0.25, 0.3) is 29.0 Å². The molecule has 0 fully saturated rings. The van der Waals surface area contributed by atoms with Crippen LogP contribution in [0.15, 0.2) is 67.2 Å². The van der Waals surface area contributed by atoms with E-state index >= 15 is 0 Å². The van der Waals surface area contributed by atoms with Gasteiger partial charge in [-0.2, -0.15) is 0 Å². The first-order chi connectivity index (χ1) is 10.3. The fourth-order valence-corrected chi connectivity index (χ4v) is 2.52. The van der Waals surface area contributed by atoms with Gasteiger partial charge in [0.2, 0.25) is 0 Å². The maximum Gasteiger partial charge on any atom is 0.122 e. The summed E-state index contributed by atoms with van der Waals surface area (Å²) in [5, 5.41) is 11.8. The highest BCUT2D eigenvalue weighted by molar-refractivity contribution is 6.04. The second-order valence-electron chi connectivity index (χ2n) is 4.89. The maximum absolute atomic E-state index is 9.04. The Labute approximate surface area is 124 Å². The van der Waals surface area contributed by atoms with Crippen molar-refractivity contribution in [3.8, 4) is 5.75 Å². The third-order valence-electron chi connectivity index (χ3n) is 3.57. The molecule has 4 rings (SSSR count). The van der Waals surface area contributed by atoms with Crippen LogP contribution in [0.3, 0.4) is 0 Å². The first-order valence-electron chi connectivity index (χ1n) is 6.90. The van der Waals surface area contributed by atoms with Gasteiger partial charge in [0.05, 0.1) is 0 Å². The Bertz CT molecular complexity index is 787. The summed E-state index contributed by atoms with van der Waals surface area (Å²) in [6.45, 7) is 3.53. The summed E-state index contributed by atoms with van der Waals surface area (Å²) in [6.07, 6.45) is 5.98. The van der Waals surface area contributed by atoms with Crippen molar-refractivity contribution in [3.05, 3.63) is 83.9 Å². The molecule has 0 aromatic heterocycles. The summed E-state index contributed by atoms with van der Waals surface area (Å²) in [7, 11) is 0. The van der Waals surface area contributed by atoms with Gasteiger partial charge in [-0.25, -0.2) is 0 Å². The maximum atomic E-state index is 9.04. The second kappa shape index (κ2) is 5.68. The van der Waals surface area contributed by atoms with Crippen LogP contribution in [-0.4, -0.2) is 5.11 Å². The molecule has 0 amide bonds. The first-order valence-corrected chi connectivity index (χ1v) is 6.90. The van der Waals surface area contributed by atoms with E-state index in [9.17, 15) is 0 Å². The van der Waals surface area contributed by atoms with Crippen molar-refractivity contribution < 1.29 is 5.11 Å². The zero-order valence-electron chi connectivity index (χ0n) is 11.7. The van der Waals surface area contributed by atoms with Gasteiger partial charge in [-0.05, 0) is 28.0 Å². The zero-order chi connectivity index (χ0) is 14.7. The third kappa shape index (κ3) is 2.59. The van der Waals surface area contributed by atoms with Crippen molar-refractivity contribution in [1.29, 1.82) is 0 Å². The average Bonchev–Trinajstić information content (AvgIpc) is 2.95. The van der Waals surface area contributed by atoms with E-state index in [1.807, 2.05) is 12.1 Å². The lowest BCUT2D eigenvalue weighted by Crippen LogP contribution is -1.76. The fourth-order valence-electron chi connectivity index (χ4n) is 2.52. The summed E-state index contributed by atoms with van der Waals surface area (Å²) in [5.74, 6) is 0.285. The topological polar surface area (TPSA) is 20.2 Å². The Morgan fingerprint density at radius 1 is 0.762 bits per heavy atom. The van der Waals surface area contributed by atoms with Gasteiger partial charge in [0.1, 0.15) is 5.75 Å². The molecule has 0 bridgehead atoms. The van der Waals surface area contributed by atoms with Crippen molar-refractivity contribution in [3.63, 3.8) is 0 Å². The Morgan fingerprint density at radius 2 is 1.38 bits per heavy atom. The molecule has 0 radical (unpaired) electrons. The largest absolute Gasteiger partial charge is 0.507 e. The van der Waals surface area contributed by atoms with Gasteiger partial charge in [-0.15, -0.1) is 0 Å². The predicted molar refractivity (Wildman–Crippen MR) is 91.1 cm³/mol. The molecule has 1 aliphatic rings. The summed E-state index contributed by atoms with van der Waals surface area (Å²) in [6, 6.07) is 19.9. The molecule has 0 unspecified atom stereocenters. The molecular weight excluding hydrogens is 256 g/mol. The Hall–Kier alpha value is -2.80. The molecule has 0 heterocycles. The molecule has 3 aromatic rings. The molecular formula is C20H16O. The van der Waals surface area contributed by atoms with Crippen LogP contribution in [-0.2, 0) is 0 Å². The normalized spacial score (nSPS) is 11.0. The molecule has 1 aliphatic carbocycles. The van der Waals surface area contributed by atoms with Crippen LogP contribution >= 0.6 is 0 Å². The Morgan fingerprint density at radius 3 is 1.90 bits per heavy atom. The minimum Gasteiger partial charge on any atom is -0.507 e. The molecule has 0 atom stereocenters. The number of aromatic hydroxyl groups is 1. The minimum atomic E-state index is 0.285. The minimum absolute atomic E-state index is 0.285. The van der Waals surface area contributed by atoms with Gasteiger partial charge < -0.3 is 5.11 Å². The third-order valence-corrected chi connectivity index (χ3v) is 3.57. The van der Waals surface area contributed by atoms with Gasteiger partial charge in [-0.1, -0.05) is 79.4 Å². The molecule has 0 saturated carbocycles. The van der Waals surface area contributed by atoms with Crippen LogP contribution in [0, 0.1) is 0 Å². The van der Waals surface area contributed by atoms with Gasteiger partial charge in [-0.3, -0.25) is 0 Å². The van der Waals surface area contributed by atoms with Crippen LogP contribution < -0.4 is 0 Å². The van der Waals surface area contributed by atoms with Crippen molar-refractivity contribution in [2.24, 2.45) is 0 Å². The molecule has 1 N–H and O–H groups in total. The summed E-state index contributed by atoms with van der Waals surface area (Å²) < 4.78 is 0. The van der Waals surface area contributed by atoms with E-state index in [2.05, 4.69) is 55.1 Å². The highest BCUT2D eigenvalue weighted by Crippen LogP contribution is 2.30. The molecule has 21 heavy (non-hydrogen) atoms. The Kier molecular flexibility index (Phi) is 3.57. The van der Waals surface area contributed by atoms with Crippen molar-refractivity contribution in [2.75, 3.05) is 0 Å². The highest BCUT2D eigenvalue weighted by Gasteiger charge is 2.06. The second-order valence-corrected chi connectivity index (χ2v) is 4.89. The average molecular weight is 272 g/mol. The zero-order valence-corrected chi connectivity index (χ0v) is 11.7. The van der Waals surface area contributed by atoms with E-state index < -0.39 is 0 Å². The number of phenols is 1. The van der Waals surface area contributed by atoms with E-state index in [4.69, 9.17) is 5.11 Å². The van der Waals surface area contributed by atoms with Crippen LogP contribution in [0.1, 0.15) is 16.7 Å². The fraction of sp³-hybridized carbons (Fsp3) is 0. The molecule has 0 saturated heterocycles. The molecule has 0 aliphatic heterocycles. The smallest absolute Gasteiger partial charge is 0.122 e. The van der Waals surface area contributed by atoms with E-state index in [1.165, 1.54) is 21.9 Å². The molecule has 3 aromatic carbocycles. The van der Waals surface area contributed by atoms with E-state index in [0.717, 1.165) is 5.56 Å². The summed E-state index contributed by atoms with van der Waals surface area (Å²) in [4.78, 5) is 0. The number of hydrogen-bond donors (Lipinski definition) is 1. The number of rotatable bonds is 1. The summed E-state index contributed by atoms with van der Waals surface area (Å²) >= 11 is 0. The lowest BCUT2D eigenvalue weighted by Gasteiger charge is -1.99. The number of para-hydroxylation sites is 1. The molecule has 1 heteroatoms. The lowest BCUT2D eigenvalue weighted by molar-refractivity contribution is 0.474. The highest BCUT2D eigenvalue weighted by atomic mass is 16.3. The van der Waals surface area contributed by atoms with Crippen LogP contribution in [0.2, 0.25) is 0 Å². The van der Waals surface area contributed by atoms with Crippen molar-refractivity contribution >= 4 is 29.0 Å². The van der Waals surface area contributed by atoms with Gasteiger partial charge in [0, 0.05) is 5.56 Å². The lowest BCUT2D eigenvalue weighted by atomic mass is 10.0. The molecule has 0 spiro atoms. The molecule has 1 nitrogen and oxygen atoms in total. The predicted octanol–water partition coefficient (Wildman–Crippen LogP) is 5.36. The van der Waals surface area contributed by atoms with Gasteiger partial charge in [0.15, 0.2) is 0 Å². The van der Waals surface area contributed by atoms with Crippen molar-refractivity contribution in [2.45, 2.75) is 0 Å². The standard InChI is InChI=1S/C12H8.C8H8O/c1-3-9-4-2-6-11-8-7-10(5-1)12(9)11;1-2-7-5-3-4-6-8(7)9/h1-8H;2-6,9H,1H2. The SMILES string of the molecule is C1=Cc2cccc3cccc1c23.C=Cc1ccccc1O. The summed E-state index contributed by atoms with van der Waals surface area (Å²) in [5.41, 5.74) is 3.48. The van der Waals surface area contributed by atoms with Crippen molar-refractivity contribution in [1.82, 2.24) is 0 Å². The number of phenolic OH excluding ortho intramolecular Hbond substituents is 1. The van der Waals surface area contributed by atoms with E-state index in [-0.39, 0.29) is 5.75 Å². The van der Waals surface area contributed by atoms with Gasteiger partial charge >= 0.3 is 0 Å². The van der Waals surface area contributed by atoms with E-state index in [0.29, 0.717) is 0 Å². The monoisotopic (exact) mass is 272 g/mol. The van der Waals surface area contributed by atoms with Crippen LogP contribution in [0.4, 0.5) is 0 Å². The quantitative estimate of drug-likeness (QED) is 0.494. The van der Waals surface area contributed by atoms with E-state index in [1.54, 1.807) is 18.2 Å².